The standard InChI is InChI=1S/C11H12N2O3/c14-13(15)8-3-4-10-11(6-8)16-7-9-2-1-5-12(9)10/h3-4,6,9H,1-2,5,7H2/t9-/m0/s1. The van der Waals surface area contributed by atoms with Gasteiger partial charge in [0.05, 0.1) is 22.7 Å². The summed E-state index contributed by atoms with van der Waals surface area (Å²) in [6, 6.07) is 5.31. The molecule has 0 bridgehead atoms. The highest BCUT2D eigenvalue weighted by Gasteiger charge is 2.32. The van der Waals surface area contributed by atoms with Crippen molar-refractivity contribution in [3.8, 4) is 5.75 Å². The Morgan fingerprint density at radius 2 is 2.38 bits per heavy atom. The Hall–Kier alpha value is -1.78. The predicted octanol–water partition coefficient (Wildman–Crippen LogP) is 1.96. The SMILES string of the molecule is O=[N+]([O-])c1ccc2c(c1)OC[C@@H]1CCCN21. The predicted molar refractivity (Wildman–Crippen MR) is 59.0 cm³/mol. The summed E-state index contributed by atoms with van der Waals surface area (Å²) in [5, 5.41) is 10.7. The molecule has 0 aliphatic carbocycles. The number of benzene rings is 1. The van der Waals surface area contributed by atoms with Gasteiger partial charge in [0, 0.05) is 12.6 Å². The molecule has 1 saturated heterocycles. The molecule has 3 rings (SSSR count). The molecule has 0 saturated carbocycles. The van der Waals surface area contributed by atoms with Gasteiger partial charge in [-0.1, -0.05) is 0 Å². The monoisotopic (exact) mass is 220 g/mol. The summed E-state index contributed by atoms with van der Waals surface area (Å²) in [5.41, 5.74) is 1.09. The molecular weight excluding hydrogens is 208 g/mol. The van der Waals surface area contributed by atoms with Crippen LogP contribution in [-0.2, 0) is 0 Å². The second-order valence-electron chi connectivity index (χ2n) is 4.21. The van der Waals surface area contributed by atoms with Crippen LogP contribution in [0.5, 0.6) is 5.75 Å². The minimum atomic E-state index is -0.389. The number of anilines is 1. The van der Waals surface area contributed by atoms with Crippen molar-refractivity contribution in [2.75, 3.05) is 18.1 Å². The van der Waals surface area contributed by atoms with Gasteiger partial charge in [-0.25, -0.2) is 0 Å². The smallest absolute Gasteiger partial charge is 0.273 e. The summed E-state index contributed by atoms with van der Waals surface area (Å²) in [6.07, 6.45) is 2.32. The number of ether oxygens (including phenoxy) is 1. The van der Waals surface area contributed by atoms with Gasteiger partial charge in [-0.05, 0) is 18.9 Å². The van der Waals surface area contributed by atoms with Crippen molar-refractivity contribution in [3.05, 3.63) is 28.3 Å². The Morgan fingerprint density at radius 1 is 1.50 bits per heavy atom. The first-order valence-electron chi connectivity index (χ1n) is 5.43. The van der Waals surface area contributed by atoms with Crippen LogP contribution >= 0.6 is 0 Å². The Balaban J connectivity index is 2.02. The van der Waals surface area contributed by atoms with Gasteiger partial charge >= 0.3 is 0 Å². The van der Waals surface area contributed by atoms with Crippen LogP contribution in [0.15, 0.2) is 18.2 Å². The molecule has 5 heteroatoms. The third-order valence-electron chi connectivity index (χ3n) is 3.27. The summed E-state index contributed by atoms with van der Waals surface area (Å²) in [5.74, 6) is 0.646. The van der Waals surface area contributed by atoms with Crippen LogP contribution in [0.3, 0.4) is 0 Å². The van der Waals surface area contributed by atoms with Crippen molar-refractivity contribution in [3.63, 3.8) is 0 Å². The molecule has 1 aromatic carbocycles. The van der Waals surface area contributed by atoms with Gasteiger partial charge in [-0.15, -0.1) is 0 Å². The summed E-state index contributed by atoms with van der Waals surface area (Å²) >= 11 is 0. The van der Waals surface area contributed by atoms with E-state index in [0.717, 1.165) is 18.7 Å². The fourth-order valence-corrected chi connectivity index (χ4v) is 2.48. The normalized spacial score (nSPS) is 22.2. The summed E-state index contributed by atoms with van der Waals surface area (Å²) in [6.45, 7) is 1.67. The molecule has 2 heterocycles. The second kappa shape index (κ2) is 3.37. The van der Waals surface area contributed by atoms with Crippen molar-refractivity contribution < 1.29 is 9.66 Å². The molecule has 0 aromatic heterocycles. The first-order valence-corrected chi connectivity index (χ1v) is 5.43. The lowest BCUT2D eigenvalue weighted by molar-refractivity contribution is -0.384. The average molecular weight is 220 g/mol. The van der Waals surface area contributed by atoms with E-state index in [4.69, 9.17) is 4.74 Å². The molecule has 2 aliphatic heterocycles. The number of non-ortho nitro benzene ring substituents is 1. The van der Waals surface area contributed by atoms with E-state index in [-0.39, 0.29) is 10.6 Å². The zero-order chi connectivity index (χ0) is 11.1. The lowest BCUT2D eigenvalue weighted by Crippen LogP contribution is -2.37. The van der Waals surface area contributed by atoms with Crippen molar-refractivity contribution in [1.82, 2.24) is 0 Å². The van der Waals surface area contributed by atoms with Gasteiger partial charge in [-0.3, -0.25) is 10.1 Å². The third kappa shape index (κ3) is 1.31. The fraction of sp³-hybridized carbons (Fsp3) is 0.455. The van der Waals surface area contributed by atoms with E-state index in [1.165, 1.54) is 12.5 Å². The molecule has 1 fully saturated rings. The van der Waals surface area contributed by atoms with Crippen molar-refractivity contribution in [1.29, 1.82) is 0 Å². The molecule has 1 aromatic rings. The Morgan fingerprint density at radius 3 is 3.19 bits per heavy atom. The summed E-state index contributed by atoms with van der Waals surface area (Å²) in [4.78, 5) is 12.6. The number of hydrogen-bond donors (Lipinski definition) is 0. The summed E-state index contributed by atoms with van der Waals surface area (Å²) in [7, 11) is 0. The Kier molecular flexibility index (Phi) is 1.99. The highest BCUT2D eigenvalue weighted by Crippen LogP contribution is 2.39. The fourth-order valence-electron chi connectivity index (χ4n) is 2.48. The number of rotatable bonds is 1. The summed E-state index contributed by atoms with van der Waals surface area (Å²) < 4.78 is 5.58. The number of fused-ring (bicyclic) bond motifs is 3. The maximum absolute atomic E-state index is 10.7. The largest absolute Gasteiger partial charge is 0.489 e. The van der Waals surface area contributed by atoms with Gasteiger partial charge in [0.2, 0.25) is 0 Å². The molecular formula is C11H12N2O3. The van der Waals surface area contributed by atoms with Crippen LogP contribution in [0.2, 0.25) is 0 Å². The number of nitro benzene ring substituents is 1. The molecule has 5 nitrogen and oxygen atoms in total. The number of nitro groups is 1. The minimum absolute atomic E-state index is 0.0939. The van der Waals surface area contributed by atoms with Crippen molar-refractivity contribution in [2.45, 2.75) is 18.9 Å². The van der Waals surface area contributed by atoms with Crippen LogP contribution < -0.4 is 9.64 Å². The van der Waals surface area contributed by atoms with Crippen LogP contribution in [0.4, 0.5) is 11.4 Å². The molecule has 0 spiro atoms. The van der Waals surface area contributed by atoms with E-state index >= 15 is 0 Å². The van der Waals surface area contributed by atoms with E-state index in [1.54, 1.807) is 12.1 Å². The zero-order valence-electron chi connectivity index (χ0n) is 8.76. The number of nitrogens with zero attached hydrogens (tertiary/aromatic N) is 2. The van der Waals surface area contributed by atoms with E-state index in [0.29, 0.717) is 18.4 Å². The number of hydrogen-bond acceptors (Lipinski definition) is 4. The zero-order valence-corrected chi connectivity index (χ0v) is 8.76. The highest BCUT2D eigenvalue weighted by molar-refractivity contribution is 5.64. The first kappa shape index (κ1) is 9.45. The van der Waals surface area contributed by atoms with E-state index in [2.05, 4.69) is 4.90 Å². The molecule has 1 atom stereocenters. The van der Waals surface area contributed by atoms with Crippen LogP contribution in [0.1, 0.15) is 12.8 Å². The molecule has 0 amide bonds. The van der Waals surface area contributed by atoms with E-state index in [9.17, 15) is 10.1 Å². The van der Waals surface area contributed by atoms with Gasteiger partial charge < -0.3 is 9.64 Å². The third-order valence-corrected chi connectivity index (χ3v) is 3.27. The molecule has 0 radical (unpaired) electrons. The topological polar surface area (TPSA) is 55.6 Å². The molecule has 2 aliphatic rings. The van der Waals surface area contributed by atoms with Crippen LogP contribution in [0, 0.1) is 10.1 Å². The van der Waals surface area contributed by atoms with Gasteiger partial charge in [-0.2, -0.15) is 0 Å². The lowest BCUT2D eigenvalue weighted by Gasteiger charge is -2.33. The lowest BCUT2D eigenvalue weighted by atomic mass is 10.1. The molecule has 84 valence electrons. The highest BCUT2D eigenvalue weighted by atomic mass is 16.6. The van der Waals surface area contributed by atoms with Crippen molar-refractivity contribution >= 4 is 11.4 Å². The molecule has 0 N–H and O–H groups in total. The van der Waals surface area contributed by atoms with Gasteiger partial charge in [0.25, 0.3) is 5.69 Å². The maximum atomic E-state index is 10.7. The van der Waals surface area contributed by atoms with Crippen molar-refractivity contribution in [2.24, 2.45) is 0 Å². The average Bonchev–Trinajstić information content (AvgIpc) is 2.76. The Labute approximate surface area is 92.8 Å². The maximum Gasteiger partial charge on any atom is 0.273 e. The Bertz CT molecular complexity index is 447. The molecule has 16 heavy (non-hydrogen) atoms. The minimum Gasteiger partial charge on any atom is -0.489 e. The second-order valence-corrected chi connectivity index (χ2v) is 4.21. The van der Waals surface area contributed by atoms with E-state index < -0.39 is 0 Å². The van der Waals surface area contributed by atoms with Crippen LogP contribution in [-0.4, -0.2) is 24.1 Å². The quantitative estimate of drug-likeness (QED) is 0.536. The van der Waals surface area contributed by atoms with E-state index in [1.807, 2.05) is 0 Å². The first-order chi connectivity index (χ1) is 7.75. The molecule has 0 unspecified atom stereocenters. The van der Waals surface area contributed by atoms with Gasteiger partial charge in [0.1, 0.15) is 12.4 Å². The van der Waals surface area contributed by atoms with Crippen LogP contribution in [0.25, 0.3) is 0 Å². The van der Waals surface area contributed by atoms with Gasteiger partial charge in [0.15, 0.2) is 0 Å².